The van der Waals surface area contributed by atoms with Gasteiger partial charge in [0.05, 0.1) is 0 Å². The van der Waals surface area contributed by atoms with Gasteiger partial charge >= 0.3 is 0 Å². The van der Waals surface area contributed by atoms with Crippen molar-refractivity contribution >= 4 is 5.69 Å². The Bertz CT molecular complexity index is 360. The summed E-state index contributed by atoms with van der Waals surface area (Å²) in [4.78, 5) is 2.54. The standard InChI is InChI=1S/C14H22N2/c1-3-13-5-4-8-16(13)14-7-6-11(2)9-12(14)10-15/h6-7,9,13H,3-5,8,10,15H2,1-2H3. The molecule has 0 radical (unpaired) electrons. The van der Waals surface area contributed by atoms with Gasteiger partial charge in [0.25, 0.3) is 0 Å². The van der Waals surface area contributed by atoms with Crippen LogP contribution in [0.15, 0.2) is 18.2 Å². The van der Waals surface area contributed by atoms with Crippen LogP contribution >= 0.6 is 0 Å². The molecule has 88 valence electrons. The number of hydrogen-bond acceptors (Lipinski definition) is 2. The van der Waals surface area contributed by atoms with Gasteiger partial charge in [0.2, 0.25) is 0 Å². The van der Waals surface area contributed by atoms with Gasteiger partial charge < -0.3 is 10.6 Å². The van der Waals surface area contributed by atoms with Crippen LogP contribution < -0.4 is 10.6 Å². The fraction of sp³-hybridized carbons (Fsp3) is 0.571. The second-order valence-electron chi connectivity index (χ2n) is 4.73. The van der Waals surface area contributed by atoms with Crippen LogP contribution in [0, 0.1) is 6.92 Å². The van der Waals surface area contributed by atoms with E-state index in [1.165, 1.54) is 42.6 Å². The third kappa shape index (κ3) is 2.07. The maximum atomic E-state index is 5.85. The van der Waals surface area contributed by atoms with E-state index in [9.17, 15) is 0 Å². The lowest BCUT2D eigenvalue weighted by Gasteiger charge is -2.28. The van der Waals surface area contributed by atoms with E-state index in [0.717, 1.165) is 0 Å². The molecule has 0 saturated carbocycles. The van der Waals surface area contributed by atoms with Gasteiger partial charge in [0, 0.05) is 24.8 Å². The van der Waals surface area contributed by atoms with E-state index in [0.29, 0.717) is 12.6 Å². The van der Waals surface area contributed by atoms with Gasteiger partial charge in [-0.1, -0.05) is 24.6 Å². The molecule has 0 amide bonds. The van der Waals surface area contributed by atoms with Crippen molar-refractivity contribution in [1.82, 2.24) is 0 Å². The second-order valence-corrected chi connectivity index (χ2v) is 4.73. The fourth-order valence-corrected chi connectivity index (χ4v) is 2.74. The number of benzene rings is 1. The monoisotopic (exact) mass is 218 g/mol. The number of hydrogen-bond donors (Lipinski definition) is 1. The highest BCUT2D eigenvalue weighted by Gasteiger charge is 2.24. The van der Waals surface area contributed by atoms with Crippen LogP contribution in [-0.2, 0) is 6.54 Å². The Labute approximate surface area is 98.4 Å². The topological polar surface area (TPSA) is 29.3 Å². The molecular weight excluding hydrogens is 196 g/mol. The lowest BCUT2D eigenvalue weighted by Crippen LogP contribution is -2.29. The van der Waals surface area contributed by atoms with Crippen LogP contribution in [-0.4, -0.2) is 12.6 Å². The number of nitrogens with zero attached hydrogens (tertiary/aromatic N) is 1. The number of rotatable bonds is 3. The molecule has 1 heterocycles. The molecule has 0 aromatic heterocycles. The zero-order chi connectivity index (χ0) is 11.5. The number of nitrogens with two attached hydrogens (primary N) is 1. The summed E-state index contributed by atoms with van der Waals surface area (Å²) in [5, 5.41) is 0. The van der Waals surface area contributed by atoms with E-state index >= 15 is 0 Å². The predicted octanol–water partition coefficient (Wildman–Crippen LogP) is 2.83. The SMILES string of the molecule is CCC1CCCN1c1ccc(C)cc1CN. The molecular formula is C14H22N2. The minimum Gasteiger partial charge on any atom is -0.368 e. The van der Waals surface area contributed by atoms with Crippen molar-refractivity contribution < 1.29 is 0 Å². The molecule has 0 aliphatic carbocycles. The highest BCUT2D eigenvalue weighted by atomic mass is 15.2. The van der Waals surface area contributed by atoms with Crippen molar-refractivity contribution in [2.45, 2.75) is 45.7 Å². The molecule has 1 unspecified atom stereocenters. The van der Waals surface area contributed by atoms with Gasteiger partial charge in [-0.2, -0.15) is 0 Å². The summed E-state index contributed by atoms with van der Waals surface area (Å²) in [5.74, 6) is 0. The first-order valence-electron chi connectivity index (χ1n) is 6.32. The summed E-state index contributed by atoms with van der Waals surface area (Å²) in [5.41, 5.74) is 9.80. The highest BCUT2D eigenvalue weighted by molar-refractivity contribution is 5.56. The zero-order valence-electron chi connectivity index (χ0n) is 10.4. The summed E-state index contributed by atoms with van der Waals surface area (Å²) in [7, 11) is 0. The first-order valence-corrected chi connectivity index (χ1v) is 6.32. The van der Waals surface area contributed by atoms with E-state index < -0.39 is 0 Å². The van der Waals surface area contributed by atoms with Crippen LogP contribution in [0.5, 0.6) is 0 Å². The van der Waals surface area contributed by atoms with E-state index in [-0.39, 0.29) is 0 Å². The van der Waals surface area contributed by atoms with Gasteiger partial charge in [-0.3, -0.25) is 0 Å². The Kier molecular flexibility index (Phi) is 3.49. The van der Waals surface area contributed by atoms with Gasteiger partial charge in [0.15, 0.2) is 0 Å². The Morgan fingerprint density at radius 2 is 2.25 bits per heavy atom. The normalized spacial score (nSPS) is 20.4. The van der Waals surface area contributed by atoms with Crippen molar-refractivity contribution in [1.29, 1.82) is 0 Å². The van der Waals surface area contributed by atoms with Crippen molar-refractivity contribution in [3.8, 4) is 0 Å². The third-order valence-corrected chi connectivity index (χ3v) is 3.61. The summed E-state index contributed by atoms with van der Waals surface area (Å²) in [6.45, 7) is 6.24. The minimum atomic E-state index is 0.643. The van der Waals surface area contributed by atoms with Crippen LogP contribution in [0.4, 0.5) is 5.69 Å². The molecule has 1 fully saturated rings. The first-order chi connectivity index (χ1) is 7.76. The fourth-order valence-electron chi connectivity index (χ4n) is 2.74. The zero-order valence-corrected chi connectivity index (χ0v) is 10.4. The molecule has 2 rings (SSSR count). The quantitative estimate of drug-likeness (QED) is 0.845. The van der Waals surface area contributed by atoms with Gasteiger partial charge in [0.1, 0.15) is 0 Å². The lowest BCUT2D eigenvalue weighted by molar-refractivity contribution is 0.643. The summed E-state index contributed by atoms with van der Waals surface area (Å²) in [6, 6.07) is 7.37. The Morgan fingerprint density at radius 1 is 1.44 bits per heavy atom. The van der Waals surface area contributed by atoms with Crippen LogP contribution in [0.1, 0.15) is 37.3 Å². The van der Waals surface area contributed by atoms with Crippen LogP contribution in [0.3, 0.4) is 0 Å². The molecule has 0 bridgehead atoms. The summed E-state index contributed by atoms with van der Waals surface area (Å²) < 4.78 is 0. The number of anilines is 1. The average molecular weight is 218 g/mol. The van der Waals surface area contributed by atoms with E-state index in [2.05, 4.69) is 36.9 Å². The Morgan fingerprint density at radius 3 is 2.94 bits per heavy atom. The minimum absolute atomic E-state index is 0.643. The molecule has 2 heteroatoms. The summed E-state index contributed by atoms with van der Waals surface area (Å²) in [6.07, 6.45) is 3.88. The Hall–Kier alpha value is -1.02. The van der Waals surface area contributed by atoms with Crippen molar-refractivity contribution in [3.63, 3.8) is 0 Å². The Balaban J connectivity index is 2.31. The molecule has 1 aliphatic heterocycles. The van der Waals surface area contributed by atoms with Crippen molar-refractivity contribution in [2.24, 2.45) is 5.73 Å². The number of aryl methyl sites for hydroxylation is 1. The maximum Gasteiger partial charge on any atom is 0.0414 e. The van der Waals surface area contributed by atoms with Crippen molar-refractivity contribution in [2.75, 3.05) is 11.4 Å². The van der Waals surface area contributed by atoms with Crippen LogP contribution in [0.25, 0.3) is 0 Å². The molecule has 0 spiro atoms. The molecule has 2 nitrogen and oxygen atoms in total. The molecule has 1 saturated heterocycles. The largest absolute Gasteiger partial charge is 0.368 e. The van der Waals surface area contributed by atoms with Crippen LogP contribution in [0.2, 0.25) is 0 Å². The molecule has 1 aliphatic rings. The van der Waals surface area contributed by atoms with E-state index in [4.69, 9.17) is 5.73 Å². The first kappa shape index (κ1) is 11.5. The summed E-state index contributed by atoms with van der Waals surface area (Å²) >= 11 is 0. The molecule has 1 aromatic rings. The average Bonchev–Trinajstić information content (AvgIpc) is 2.76. The molecule has 16 heavy (non-hydrogen) atoms. The lowest BCUT2D eigenvalue weighted by atomic mass is 10.1. The predicted molar refractivity (Wildman–Crippen MR) is 69.7 cm³/mol. The third-order valence-electron chi connectivity index (χ3n) is 3.61. The second kappa shape index (κ2) is 4.88. The molecule has 1 aromatic carbocycles. The van der Waals surface area contributed by atoms with Gasteiger partial charge in [-0.25, -0.2) is 0 Å². The van der Waals surface area contributed by atoms with E-state index in [1.807, 2.05) is 0 Å². The van der Waals surface area contributed by atoms with Gasteiger partial charge in [-0.15, -0.1) is 0 Å². The van der Waals surface area contributed by atoms with Gasteiger partial charge in [-0.05, 0) is 37.8 Å². The maximum absolute atomic E-state index is 5.85. The highest BCUT2D eigenvalue weighted by Crippen LogP contribution is 2.30. The van der Waals surface area contributed by atoms with Crippen molar-refractivity contribution in [3.05, 3.63) is 29.3 Å². The van der Waals surface area contributed by atoms with E-state index in [1.54, 1.807) is 0 Å². The molecule has 1 atom stereocenters. The molecule has 2 N–H and O–H groups in total. The smallest absolute Gasteiger partial charge is 0.0414 e.